The smallest absolute Gasteiger partial charge is 0.328 e. The van der Waals surface area contributed by atoms with E-state index < -0.39 is 0 Å². The van der Waals surface area contributed by atoms with Crippen LogP contribution >= 0.6 is 0 Å². The van der Waals surface area contributed by atoms with E-state index in [1.807, 2.05) is 48.1 Å². The lowest BCUT2D eigenvalue weighted by atomic mass is 10.1. The van der Waals surface area contributed by atoms with Crippen molar-refractivity contribution in [1.29, 1.82) is 0 Å². The lowest BCUT2D eigenvalue weighted by molar-refractivity contribution is 0.795. The third-order valence-electron chi connectivity index (χ3n) is 6.23. The maximum Gasteiger partial charge on any atom is 0.328 e. The minimum atomic E-state index is -0.0495. The fourth-order valence-corrected chi connectivity index (χ4v) is 4.44. The zero-order valence-corrected chi connectivity index (χ0v) is 18.5. The fraction of sp³-hybridized carbons (Fsp3) is 0.120. The van der Waals surface area contributed by atoms with E-state index in [-0.39, 0.29) is 5.69 Å². The molecule has 2 aromatic carbocycles. The number of hydrogen-bond donors (Lipinski definition) is 0. The minimum absolute atomic E-state index is 0.0495. The van der Waals surface area contributed by atoms with E-state index in [2.05, 4.69) is 32.7 Å². The summed E-state index contributed by atoms with van der Waals surface area (Å²) in [7, 11) is 5.54. The second kappa shape index (κ2) is 7.03. The molecule has 0 radical (unpaired) electrons. The van der Waals surface area contributed by atoms with Crippen LogP contribution in [-0.4, -0.2) is 33.2 Å². The number of benzene rings is 2. The summed E-state index contributed by atoms with van der Waals surface area (Å²) in [4.78, 5) is 25.9. The van der Waals surface area contributed by atoms with Gasteiger partial charge in [0.05, 0.1) is 34.6 Å². The van der Waals surface area contributed by atoms with Crippen LogP contribution in [0.5, 0.6) is 0 Å². The Bertz CT molecular complexity index is 1720. The summed E-state index contributed by atoms with van der Waals surface area (Å²) in [5.41, 5.74) is 7.55. The molecule has 0 saturated heterocycles. The third kappa shape index (κ3) is 2.84. The summed E-state index contributed by atoms with van der Waals surface area (Å²) in [6.07, 6.45) is 7.17. The van der Waals surface area contributed by atoms with Gasteiger partial charge in [-0.25, -0.2) is 14.8 Å². The molecule has 0 spiro atoms. The largest absolute Gasteiger partial charge is 0.331 e. The molecule has 6 aromatic rings. The van der Waals surface area contributed by atoms with E-state index in [0.29, 0.717) is 0 Å². The normalized spacial score (nSPS) is 11.6. The molecule has 0 aliphatic heterocycles. The van der Waals surface area contributed by atoms with Crippen molar-refractivity contribution in [3.63, 3.8) is 0 Å². The number of rotatable bonds is 3. The highest BCUT2D eigenvalue weighted by Gasteiger charge is 2.19. The van der Waals surface area contributed by atoms with Crippen molar-refractivity contribution in [2.45, 2.75) is 0 Å². The van der Waals surface area contributed by atoms with E-state index in [4.69, 9.17) is 4.98 Å². The standard InChI is InChI=1S/C25H21N7O/c1-29-15-27-14-23(29)24-28-19-12-17(16-8-10-26-11-9-16)4-6-20(19)32(24)18-5-7-21-22(13-18)31(3)25(33)30(21)2/h4-15H,1-3H3. The molecule has 0 saturated carbocycles. The van der Waals surface area contributed by atoms with Crippen molar-refractivity contribution in [2.75, 3.05) is 0 Å². The van der Waals surface area contributed by atoms with Crippen LogP contribution in [0.3, 0.4) is 0 Å². The third-order valence-corrected chi connectivity index (χ3v) is 6.23. The van der Waals surface area contributed by atoms with Gasteiger partial charge in [-0.05, 0) is 53.6 Å². The second-order valence-corrected chi connectivity index (χ2v) is 8.17. The molecule has 8 nitrogen and oxygen atoms in total. The van der Waals surface area contributed by atoms with Crippen LogP contribution in [0.2, 0.25) is 0 Å². The molecule has 0 aliphatic carbocycles. The SMILES string of the molecule is Cn1cncc1-c1nc2cc(-c3ccncc3)ccc2n1-c1ccc2c(c1)n(C)c(=O)n2C. The Kier molecular flexibility index (Phi) is 4.10. The molecule has 4 aromatic heterocycles. The Labute approximate surface area is 189 Å². The molecule has 8 heteroatoms. The lowest BCUT2D eigenvalue weighted by Crippen LogP contribution is -2.19. The molecule has 0 bridgehead atoms. The maximum atomic E-state index is 12.5. The van der Waals surface area contributed by atoms with Gasteiger partial charge in [0.15, 0.2) is 5.82 Å². The van der Waals surface area contributed by atoms with Crippen molar-refractivity contribution >= 4 is 22.1 Å². The Morgan fingerprint density at radius 1 is 0.758 bits per heavy atom. The van der Waals surface area contributed by atoms with Gasteiger partial charge in [-0.15, -0.1) is 0 Å². The second-order valence-electron chi connectivity index (χ2n) is 8.17. The number of hydrogen-bond acceptors (Lipinski definition) is 4. The minimum Gasteiger partial charge on any atom is -0.331 e. The zero-order valence-electron chi connectivity index (χ0n) is 18.5. The van der Waals surface area contributed by atoms with Crippen LogP contribution in [0.1, 0.15) is 0 Å². The van der Waals surface area contributed by atoms with Crippen LogP contribution in [0, 0.1) is 0 Å². The fourth-order valence-electron chi connectivity index (χ4n) is 4.44. The molecule has 4 heterocycles. The van der Waals surface area contributed by atoms with Gasteiger partial charge in [0.2, 0.25) is 0 Å². The van der Waals surface area contributed by atoms with Crippen LogP contribution < -0.4 is 5.69 Å². The van der Waals surface area contributed by atoms with E-state index in [1.54, 1.807) is 42.0 Å². The molecule has 0 atom stereocenters. The molecule has 162 valence electrons. The summed E-state index contributed by atoms with van der Waals surface area (Å²) in [5.74, 6) is 0.789. The Balaban J connectivity index is 1.65. The number of aryl methyl sites for hydroxylation is 3. The van der Waals surface area contributed by atoms with Crippen molar-refractivity contribution < 1.29 is 0 Å². The molecular formula is C25H21N7O. The maximum absolute atomic E-state index is 12.5. The number of nitrogens with zero attached hydrogens (tertiary/aromatic N) is 7. The first-order valence-corrected chi connectivity index (χ1v) is 10.6. The number of pyridine rings is 1. The van der Waals surface area contributed by atoms with Gasteiger partial charge in [-0.2, -0.15) is 0 Å². The van der Waals surface area contributed by atoms with Crippen LogP contribution in [0.25, 0.3) is 50.4 Å². The Morgan fingerprint density at radius 3 is 2.27 bits per heavy atom. The molecule has 6 rings (SSSR count). The summed E-state index contributed by atoms with van der Waals surface area (Å²) in [6.45, 7) is 0. The predicted molar refractivity (Wildman–Crippen MR) is 128 cm³/mol. The molecule has 33 heavy (non-hydrogen) atoms. The summed E-state index contributed by atoms with van der Waals surface area (Å²) in [5, 5.41) is 0. The lowest BCUT2D eigenvalue weighted by Gasteiger charge is -2.11. The first-order valence-electron chi connectivity index (χ1n) is 10.6. The highest BCUT2D eigenvalue weighted by molar-refractivity contribution is 5.88. The van der Waals surface area contributed by atoms with E-state index >= 15 is 0 Å². The average molecular weight is 435 g/mol. The molecule has 0 fully saturated rings. The first-order chi connectivity index (χ1) is 16.0. The first kappa shape index (κ1) is 19.2. The van der Waals surface area contributed by atoms with Crippen molar-refractivity contribution in [3.8, 4) is 28.3 Å². The van der Waals surface area contributed by atoms with Crippen molar-refractivity contribution in [1.82, 2.24) is 33.2 Å². The summed E-state index contributed by atoms with van der Waals surface area (Å²) < 4.78 is 7.41. The van der Waals surface area contributed by atoms with E-state index in [1.165, 1.54) is 0 Å². The van der Waals surface area contributed by atoms with E-state index in [0.717, 1.165) is 50.4 Å². The van der Waals surface area contributed by atoms with Crippen molar-refractivity contribution in [3.05, 3.63) is 83.9 Å². The molecule has 0 unspecified atom stereocenters. The summed E-state index contributed by atoms with van der Waals surface area (Å²) in [6, 6.07) is 16.3. The topological polar surface area (TPSA) is 75.5 Å². The van der Waals surface area contributed by atoms with E-state index in [9.17, 15) is 4.79 Å². The van der Waals surface area contributed by atoms with Crippen molar-refractivity contribution in [2.24, 2.45) is 21.1 Å². The molecule has 0 amide bonds. The van der Waals surface area contributed by atoms with Gasteiger partial charge in [0.25, 0.3) is 0 Å². The monoisotopic (exact) mass is 435 g/mol. The predicted octanol–water partition coefficient (Wildman–Crippen LogP) is 3.68. The Hall–Kier alpha value is -4.46. The quantitative estimate of drug-likeness (QED) is 0.425. The van der Waals surface area contributed by atoms with Crippen LogP contribution in [0.4, 0.5) is 0 Å². The van der Waals surface area contributed by atoms with Gasteiger partial charge in [0, 0.05) is 39.2 Å². The van der Waals surface area contributed by atoms with Gasteiger partial charge in [0.1, 0.15) is 5.69 Å². The zero-order chi connectivity index (χ0) is 22.7. The highest BCUT2D eigenvalue weighted by atomic mass is 16.1. The number of imidazole rings is 3. The highest BCUT2D eigenvalue weighted by Crippen LogP contribution is 2.32. The Morgan fingerprint density at radius 2 is 1.52 bits per heavy atom. The number of fused-ring (bicyclic) bond motifs is 2. The summed E-state index contributed by atoms with van der Waals surface area (Å²) >= 11 is 0. The van der Waals surface area contributed by atoms with Gasteiger partial charge in [-0.3, -0.25) is 18.7 Å². The van der Waals surface area contributed by atoms with Gasteiger partial charge in [-0.1, -0.05) is 6.07 Å². The van der Waals surface area contributed by atoms with Gasteiger partial charge >= 0.3 is 5.69 Å². The molecular weight excluding hydrogens is 414 g/mol. The van der Waals surface area contributed by atoms with Crippen LogP contribution in [0.15, 0.2) is 78.2 Å². The number of aromatic nitrogens is 7. The van der Waals surface area contributed by atoms with Crippen LogP contribution in [-0.2, 0) is 21.1 Å². The molecule has 0 N–H and O–H groups in total. The molecule has 0 aliphatic rings. The average Bonchev–Trinajstić information content (AvgIpc) is 3.50. The van der Waals surface area contributed by atoms with Gasteiger partial charge < -0.3 is 4.57 Å².